The number of carbonyl (C=O) groups is 2. The van der Waals surface area contributed by atoms with E-state index < -0.39 is 28.4 Å². The van der Waals surface area contributed by atoms with Crippen LogP contribution in [0.2, 0.25) is 0 Å². The predicted octanol–water partition coefficient (Wildman–Crippen LogP) is 3.46. The molecule has 4 rings (SSSR count). The fourth-order valence-electron chi connectivity index (χ4n) is 3.74. The number of nitrogens with one attached hydrogen (secondary N) is 1. The van der Waals surface area contributed by atoms with Crippen molar-refractivity contribution in [1.29, 1.82) is 0 Å². The molecule has 0 fully saturated rings. The first kappa shape index (κ1) is 16.1. The number of para-hydroxylation sites is 1. The molecule has 0 bridgehead atoms. The van der Waals surface area contributed by atoms with Crippen molar-refractivity contribution in [2.24, 2.45) is 0 Å². The lowest BCUT2D eigenvalue weighted by molar-refractivity contribution is -0.125. The molecule has 0 aromatic heterocycles. The molecule has 1 N–H and O–H groups in total. The normalized spacial score (nSPS) is 22.7. The van der Waals surface area contributed by atoms with Gasteiger partial charge in [0.2, 0.25) is 5.91 Å². The lowest BCUT2D eigenvalue weighted by atomic mass is 9.66. The Morgan fingerprint density at radius 1 is 1.24 bits per heavy atom. The van der Waals surface area contributed by atoms with Crippen LogP contribution in [0, 0.1) is 5.82 Å². The maximum absolute atomic E-state index is 14.4. The molecule has 2 aromatic carbocycles. The van der Waals surface area contributed by atoms with Gasteiger partial charge < -0.3 is 4.74 Å². The number of rotatable bonds is 1. The van der Waals surface area contributed by atoms with Crippen LogP contribution in [0.5, 0.6) is 5.75 Å². The number of alkyl halides is 1. The Labute approximate surface area is 148 Å². The van der Waals surface area contributed by atoms with E-state index in [-0.39, 0.29) is 11.1 Å². The van der Waals surface area contributed by atoms with E-state index >= 15 is 0 Å². The second-order valence-electron chi connectivity index (χ2n) is 6.32. The van der Waals surface area contributed by atoms with Gasteiger partial charge in [0.25, 0.3) is 5.91 Å². The third-order valence-corrected chi connectivity index (χ3v) is 5.20. The van der Waals surface area contributed by atoms with E-state index in [9.17, 15) is 14.0 Å². The van der Waals surface area contributed by atoms with E-state index in [4.69, 9.17) is 16.3 Å². The van der Waals surface area contributed by atoms with E-state index in [1.807, 2.05) is 12.1 Å². The molecule has 2 heterocycles. The van der Waals surface area contributed by atoms with Crippen LogP contribution < -0.4 is 10.1 Å². The van der Waals surface area contributed by atoms with Gasteiger partial charge in [-0.15, -0.1) is 11.6 Å². The Bertz CT molecular complexity index is 912. The Balaban J connectivity index is 2.07. The zero-order chi connectivity index (χ0) is 17.8. The van der Waals surface area contributed by atoms with Crippen molar-refractivity contribution in [3.8, 4) is 5.75 Å². The van der Waals surface area contributed by atoms with Gasteiger partial charge in [-0.1, -0.05) is 18.2 Å². The molecule has 25 heavy (non-hydrogen) atoms. The summed E-state index contributed by atoms with van der Waals surface area (Å²) in [6.45, 7) is 1.98. The second-order valence-corrected chi connectivity index (χ2v) is 6.97. The minimum atomic E-state index is -1.09. The van der Waals surface area contributed by atoms with Crippen molar-refractivity contribution in [2.45, 2.75) is 24.1 Å². The van der Waals surface area contributed by atoms with Crippen LogP contribution in [-0.2, 0) is 10.2 Å². The second kappa shape index (κ2) is 5.56. The Morgan fingerprint density at radius 2 is 2.00 bits per heavy atom. The van der Waals surface area contributed by atoms with Crippen LogP contribution in [0.4, 0.5) is 4.39 Å². The van der Waals surface area contributed by atoms with Gasteiger partial charge in [-0.3, -0.25) is 14.9 Å². The molecule has 1 spiro atoms. The van der Waals surface area contributed by atoms with Gasteiger partial charge in [0.05, 0.1) is 12.0 Å². The average molecular weight is 360 g/mol. The number of hydrogen-bond acceptors (Lipinski definition) is 3. The molecule has 0 saturated heterocycles. The molecule has 2 aromatic rings. The molecular formula is C19H15ClFNO3. The van der Waals surface area contributed by atoms with E-state index in [0.717, 1.165) is 0 Å². The minimum absolute atomic E-state index is 0.162. The fraction of sp³-hybridized carbons (Fsp3) is 0.263. The standard InChI is InChI=1S/C19H15ClFNO3/c1-10(20)11-8-14-12(9-15(11)21)17(23)22-18(24)19(14)6-7-25-16-5-3-2-4-13(16)19/h2-5,8-10H,6-7H2,1H3,(H,22,23,24). The highest BCUT2D eigenvalue weighted by Crippen LogP contribution is 2.47. The third kappa shape index (κ3) is 2.19. The van der Waals surface area contributed by atoms with Gasteiger partial charge in [0.15, 0.2) is 0 Å². The van der Waals surface area contributed by atoms with E-state index in [2.05, 4.69) is 5.32 Å². The number of hydrogen-bond donors (Lipinski definition) is 1. The lowest BCUT2D eigenvalue weighted by Crippen LogP contribution is -2.54. The van der Waals surface area contributed by atoms with Crippen molar-refractivity contribution in [2.75, 3.05) is 6.61 Å². The number of imide groups is 1. The molecule has 2 aliphatic heterocycles. The fourth-order valence-corrected chi connectivity index (χ4v) is 3.91. The first-order valence-electron chi connectivity index (χ1n) is 8.01. The zero-order valence-electron chi connectivity index (χ0n) is 13.4. The molecule has 4 nitrogen and oxygen atoms in total. The maximum Gasteiger partial charge on any atom is 0.258 e. The van der Waals surface area contributed by atoms with Crippen molar-refractivity contribution < 1.29 is 18.7 Å². The van der Waals surface area contributed by atoms with Gasteiger partial charge >= 0.3 is 0 Å². The van der Waals surface area contributed by atoms with Gasteiger partial charge in [-0.05, 0) is 30.7 Å². The number of benzene rings is 2. The molecule has 2 atom stereocenters. The Kier molecular flexibility index (Phi) is 3.58. The van der Waals surface area contributed by atoms with Crippen LogP contribution in [0.1, 0.15) is 45.8 Å². The summed E-state index contributed by atoms with van der Waals surface area (Å²) in [5, 5.41) is 1.79. The molecule has 0 saturated carbocycles. The monoisotopic (exact) mass is 359 g/mol. The van der Waals surface area contributed by atoms with E-state index in [0.29, 0.717) is 29.9 Å². The van der Waals surface area contributed by atoms with E-state index in [1.165, 1.54) is 6.07 Å². The van der Waals surface area contributed by atoms with Gasteiger partial charge in [0.1, 0.15) is 17.0 Å². The molecular weight excluding hydrogens is 345 g/mol. The van der Waals surface area contributed by atoms with Crippen LogP contribution in [0.3, 0.4) is 0 Å². The van der Waals surface area contributed by atoms with Gasteiger partial charge in [-0.2, -0.15) is 0 Å². The Hall–Kier alpha value is -2.40. The highest BCUT2D eigenvalue weighted by Gasteiger charge is 2.51. The summed E-state index contributed by atoms with van der Waals surface area (Å²) in [4.78, 5) is 25.3. The zero-order valence-corrected chi connectivity index (χ0v) is 14.2. The highest BCUT2D eigenvalue weighted by molar-refractivity contribution is 6.20. The molecule has 2 unspecified atom stereocenters. The third-order valence-electron chi connectivity index (χ3n) is 4.97. The largest absolute Gasteiger partial charge is 0.493 e. The summed E-state index contributed by atoms with van der Waals surface area (Å²) in [7, 11) is 0. The molecule has 0 radical (unpaired) electrons. The molecule has 6 heteroatoms. The van der Waals surface area contributed by atoms with Crippen molar-refractivity contribution >= 4 is 23.4 Å². The van der Waals surface area contributed by atoms with Crippen LogP contribution in [0.25, 0.3) is 0 Å². The number of amides is 2. The molecule has 2 aliphatic rings. The SMILES string of the molecule is CC(Cl)c1cc2c(cc1F)C(=O)NC(=O)C21CCOc2ccccc21. The summed E-state index contributed by atoms with van der Waals surface area (Å²) < 4.78 is 20.1. The summed E-state index contributed by atoms with van der Waals surface area (Å²) >= 11 is 6.10. The number of fused-ring (bicyclic) bond motifs is 4. The number of halogens is 2. The predicted molar refractivity (Wildman–Crippen MR) is 90.5 cm³/mol. The Morgan fingerprint density at radius 3 is 2.76 bits per heavy atom. The first-order chi connectivity index (χ1) is 11.9. The summed E-state index contributed by atoms with van der Waals surface area (Å²) in [6.07, 6.45) is 0.359. The van der Waals surface area contributed by atoms with Crippen molar-refractivity contribution in [3.05, 3.63) is 64.5 Å². The van der Waals surface area contributed by atoms with Gasteiger partial charge in [0, 0.05) is 23.1 Å². The van der Waals surface area contributed by atoms with Crippen molar-refractivity contribution in [3.63, 3.8) is 0 Å². The van der Waals surface area contributed by atoms with Crippen LogP contribution >= 0.6 is 11.6 Å². The average Bonchev–Trinajstić information content (AvgIpc) is 2.59. The number of ether oxygens (including phenoxy) is 1. The van der Waals surface area contributed by atoms with Crippen LogP contribution in [-0.4, -0.2) is 18.4 Å². The molecule has 0 aliphatic carbocycles. The summed E-state index contributed by atoms with van der Waals surface area (Å²) in [5.74, 6) is -0.974. The highest BCUT2D eigenvalue weighted by atomic mass is 35.5. The first-order valence-corrected chi connectivity index (χ1v) is 8.45. The lowest BCUT2D eigenvalue weighted by Gasteiger charge is -2.41. The van der Waals surface area contributed by atoms with Crippen molar-refractivity contribution in [1.82, 2.24) is 5.32 Å². The minimum Gasteiger partial charge on any atom is -0.493 e. The molecule has 2 amide bonds. The summed E-state index contributed by atoms with van der Waals surface area (Å²) in [5.41, 5.74) is 0.501. The quantitative estimate of drug-likeness (QED) is 0.626. The number of carbonyl (C=O) groups excluding carboxylic acids is 2. The van der Waals surface area contributed by atoms with Gasteiger partial charge in [-0.25, -0.2) is 4.39 Å². The van der Waals surface area contributed by atoms with E-state index in [1.54, 1.807) is 25.1 Å². The topological polar surface area (TPSA) is 55.4 Å². The summed E-state index contributed by atoms with van der Waals surface area (Å²) in [6, 6.07) is 9.95. The molecule has 128 valence electrons. The van der Waals surface area contributed by atoms with Crippen LogP contribution in [0.15, 0.2) is 36.4 Å². The maximum atomic E-state index is 14.4. The smallest absolute Gasteiger partial charge is 0.258 e.